The number of aliphatic hydroxyl groups is 1. The third-order valence-electron chi connectivity index (χ3n) is 3.03. The maximum Gasteiger partial charge on any atom is 0.307 e. The Morgan fingerprint density at radius 1 is 0.947 bits per heavy atom. The Hall–Kier alpha value is -2.13. The van der Waals surface area contributed by atoms with Gasteiger partial charge < -0.3 is 10.2 Å². The molecule has 2 aromatic rings. The monoisotopic (exact) mass is 256 g/mol. The van der Waals surface area contributed by atoms with Crippen molar-refractivity contribution in [1.29, 1.82) is 0 Å². The molecular weight excluding hydrogens is 240 g/mol. The summed E-state index contributed by atoms with van der Waals surface area (Å²) in [5, 5.41) is 18.1. The van der Waals surface area contributed by atoms with E-state index in [1.165, 1.54) is 0 Å². The van der Waals surface area contributed by atoms with Gasteiger partial charge in [0, 0.05) is 0 Å². The molecule has 0 radical (unpaired) electrons. The van der Waals surface area contributed by atoms with Crippen LogP contribution in [-0.2, 0) is 24.2 Å². The van der Waals surface area contributed by atoms with E-state index in [0.29, 0.717) is 6.42 Å². The Balaban J connectivity index is 2.21. The highest BCUT2D eigenvalue weighted by atomic mass is 16.4. The van der Waals surface area contributed by atoms with E-state index >= 15 is 0 Å². The van der Waals surface area contributed by atoms with Gasteiger partial charge in [0.05, 0.1) is 13.0 Å². The highest BCUT2D eigenvalue weighted by Crippen LogP contribution is 2.16. The minimum absolute atomic E-state index is 0.0188. The van der Waals surface area contributed by atoms with Gasteiger partial charge in [0.25, 0.3) is 0 Å². The summed E-state index contributed by atoms with van der Waals surface area (Å²) in [5.41, 5.74) is 3.83. The molecule has 0 heterocycles. The van der Waals surface area contributed by atoms with Crippen molar-refractivity contribution in [1.82, 2.24) is 0 Å². The number of hydrogen-bond donors (Lipinski definition) is 2. The minimum Gasteiger partial charge on any atom is -0.481 e. The van der Waals surface area contributed by atoms with Crippen molar-refractivity contribution in [3.63, 3.8) is 0 Å². The summed E-state index contributed by atoms with van der Waals surface area (Å²) in [5.74, 6) is -0.826. The molecule has 3 heteroatoms. The van der Waals surface area contributed by atoms with Crippen LogP contribution in [0.15, 0.2) is 48.5 Å². The fraction of sp³-hybridized carbons (Fsp3) is 0.188. The lowest BCUT2D eigenvalue weighted by molar-refractivity contribution is -0.136. The van der Waals surface area contributed by atoms with E-state index in [0.717, 1.165) is 22.3 Å². The molecule has 0 amide bonds. The standard InChI is InChI=1S/C16H16O3/c17-11-15-7-2-1-6-14(15)9-12-4-3-5-13(8-12)10-16(18)19/h1-8,17H,9-11H2,(H,18,19). The van der Waals surface area contributed by atoms with Crippen LogP contribution in [0.2, 0.25) is 0 Å². The van der Waals surface area contributed by atoms with Crippen LogP contribution in [0.3, 0.4) is 0 Å². The van der Waals surface area contributed by atoms with E-state index in [4.69, 9.17) is 5.11 Å². The zero-order valence-electron chi connectivity index (χ0n) is 10.5. The fourth-order valence-corrected chi connectivity index (χ4v) is 2.13. The molecule has 0 saturated heterocycles. The van der Waals surface area contributed by atoms with Gasteiger partial charge in [-0.05, 0) is 28.7 Å². The number of carboxylic acid groups (broad SMARTS) is 1. The summed E-state index contributed by atoms with van der Waals surface area (Å²) in [4.78, 5) is 10.7. The summed E-state index contributed by atoms with van der Waals surface area (Å²) in [6.45, 7) is 0.0188. The quantitative estimate of drug-likeness (QED) is 0.863. The predicted molar refractivity (Wildman–Crippen MR) is 73.0 cm³/mol. The van der Waals surface area contributed by atoms with Crippen molar-refractivity contribution in [3.8, 4) is 0 Å². The summed E-state index contributed by atoms with van der Waals surface area (Å²) in [6, 6.07) is 15.3. The highest BCUT2D eigenvalue weighted by Gasteiger charge is 2.04. The lowest BCUT2D eigenvalue weighted by Gasteiger charge is -2.08. The first kappa shape index (κ1) is 13.3. The van der Waals surface area contributed by atoms with E-state index in [-0.39, 0.29) is 13.0 Å². The Kier molecular flexibility index (Phi) is 4.31. The molecule has 0 aromatic heterocycles. The summed E-state index contributed by atoms with van der Waals surface area (Å²) >= 11 is 0. The summed E-state index contributed by atoms with van der Waals surface area (Å²) in [7, 11) is 0. The maximum atomic E-state index is 10.7. The number of benzene rings is 2. The number of aliphatic carboxylic acids is 1. The molecule has 0 spiro atoms. The normalized spacial score (nSPS) is 10.4. The molecule has 98 valence electrons. The third-order valence-corrected chi connectivity index (χ3v) is 3.03. The highest BCUT2D eigenvalue weighted by molar-refractivity contribution is 5.70. The van der Waals surface area contributed by atoms with Gasteiger partial charge in [-0.2, -0.15) is 0 Å². The predicted octanol–water partition coefficient (Wildman–Crippen LogP) is 2.40. The van der Waals surface area contributed by atoms with Gasteiger partial charge in [-0.3, -0.25) is 4.79 Å². The third kappa shape index (κ3) is 3.66. The zero-order chi connectivity index (χ0) is 13.7. The van der Waals surface area contributed by atoms with Crippen LogP contribution < -0.4 is 0 Å². The molecule has 0 atom stereocenters. The van der Waals surface area contributed by atoms with E-state index in [1.54, 1.807) is 0 Å². The Labute approximate surface area is 112 Å². The first-order valence-corrected chi connectivity index (χ1v) is 6.16. The molecule has 2 rings (SSSR count). The van der Waals surface area contributed by atoms with Crippen LogP contribution in [-0.4, -0.2) is 16.2 Å². The molecular formula is C16H16O3. The lowest BCUT2D eigenvalue weighted by atomic mass is 9.98. The van der Waals surface area contributed by atoms with E-state index < -0.39 is 5.97 Å². The van der Waals surface area contributed by atoms with Crippen LogP contribution in [0, 0.1) is 0 Å². The minimum atomic E-state index is -0.826. The molecule has 0 saturated carbocycles. The van der Waals surface area contributed by atoms with Gasteiger partial charge in [0.15, 0.2) is 0 Å². The zero-order valence-corrected chi connectivity index (χ0v) is 10.5. The van der Waals surface area contributed by atoms with Gasteiger partial charge in [0.1, 0.15) is 0 Å². The van der Waals surface area contributed by atoms with Gasteiger partial charge in [-0.1, -0.05) is 48.5 Å². The molecule has 3 nitrogen and oxygen atoms in total. The SMILES string of the molecule is O=C(O)Cc1cccc(Cc2ccccc2CO)c1. The molecule has 0 aliphatic carbocycles. The Bertz CT molecular complexity index is 576. The Morgan fingerprint density at radius 2 is 1.63 bits per heavy atom. The Morgan fingerprint density at radius 3 is 2.32 bits per heavy atom. The van der Waals surface area contributed by atoms with Crippen LogP contribution in [0.1, 0.15) is 22.3 Å². The first-order valence-electron chi connectivity index (χ1n) is 6.16. The maximum absolute atomic E-state index is 10.7. The lowest BCUT2D eigenvalue weighted by Crippen LogP contribution is -2.01. The van der Waals surface area contributed by atoms with Crippen LogP contribution >= 0.6 is 0 Å². The molecule has 0 aliphatic heterocycles. The molecule has 0 unspecified atom stereocenters. The topological polar surface area (TPSA) is 57.5 Å². The molecule has 2 N–H and O–H groups in total. The van der Waals surface area contributed by atoms with Crippen LogP contribution in [0.4, 0.5) is 0 Å². The molecule has 19 heavy (non-hydrogen) atoms. The summed E-state index contributed by atoms with van der Waals surface area (Å²) in [6.07, 6.45) is 0.736. The average molecular weight is 256 g/mol. The smallest absolute Gasteiger partial charge is 0.307 e. The van der Waals surface area contributed by atoms with Crippen LogP contribution in [0.5, 0.6) is 0 Å². The number of carboxylic acids is 1. The van der Waals surface area contributed by atoms with Gasteiger partial charge >= 0.3 is 5.97 Å². The average Bonchev–Trinajstić information content (AvgIpc) is 2.39. The number of rotatable bonds is 5. The molecule has 2 aromatic carbocycles. The molecule has 0 fully saturated rings. The second kappa shape index (κ2) is 6.16. The van der Waals surface area contributed by atoms with Crippen molar-refractivity contribution in [2.45, 2.75) is 19.4 Å². The van der Waals surface area contributed by atoms with Crippen molar-refractivity contribution in [2.75, 3.05) is 0 Å². The van der Waals surface area contributed by atoms with Gasteiger partial charge in [0.2, 0.25) is 0 Å². The largest absolute Gasteiger partial charge is 0.481 e. The fourth-order valence-electron chi connectivity index (χ4n) is 2.13. The number of carbonyl (C=O) groups is 1. The van der Waals surface area contributed by atoms with Crippen molar-refractivity contribution < 1.29 is 15.0 Å². The van der Waals surface area contributed by atoms with E-state index in [2.05, 4.69) is 0 Å². The first-order chi connectivity index (χ1) is 9.19. The van der Waals surface area contributed by atoms with Crippen molar-refractivity contribution in [3.05, 3.63) is 70.8 Å². The second-order valence-corrected chi connectivity index (χ2v) is 4.49. The molecule has 0 aliphatic rings. The number of aliphatic hydroxyl groups excluding tert-OH is 1. The van der Waals surface area contributed by atoms with Gasteiger partial charge in [-0.15, -0.1) is 0 Å². The number of hydrogen-bond acceptors (Lipinski definition) is 2. The molecule has 0 bridgehead atoms. The van der Waals surface area contributed by atoms with Gasteiger partial charge in [-0.25, -0.2) is 0 Å². The van der Waals surface area contributed by atoms with Crippen LogP contribution in [0.25, 0.3) is 0 Å². The van der Waals surface area contributed by atoms with Crippen molar-refractivity contribution >= 4 is 5.97 Å². The van der Waals surface area contributed by atoms with E-state index in [9.17, 15) is 9.90 Å². The second-order valence-electron chi connectivity index (χ2n) is 4.49. The summed E-state index contributed by atoms with van der Waals surface area (Å²) < 4.78 is 0. The van der Waals surface area contributed by atoms with E-state index in [1.807, 2.05) is 48.5 Å². The van der Waals surface area contributed by atoms with Crippen molar-refractivity contribution in [2.24, 2.45) is 0 Å².